The lowest BCUT2D eigenvalue weighted by Crippen LogP contribution is -2.68. The summed E-state index contributed by atoms with van der Waals surface area (Å²) in [6, 6.07) is 17.7. The van der Waals surface area contributed by atoms with Gasteiger partial charge < -0.3 is 20.4 Å². The molecular weight excluding hydrogens is 402 g/mol. The number of nitrogens with zero attached hydrogens (tertiary/aromatic N) is 2. The summed E-state index contributed by atoms with van der Waals surface area (Å²) in [6.07, 6.45) is 1.30. The van der Waals surface area contributed by atoms with E-state index in [-0.39, 0.29) is 30.6 Å². The van der Waals surface area contributed by atoms with E-state index in [2.05, 4.69) is 34.2 Å². The predicted octanol–water partition coefficient (Wildman–Crippen LogP) is 2.88. The fraction of sp³-hybridized carbons (Fsp3) is 0.423. The summed E-state index contributed by atoms with van der Waals surface area (Å²) in [7, 11) is 0. The molecule has 2 fully saturated rings. The number of rotatable bonds is 3. The molecule has 6 nitrogen and oxygen atoms in total. The van der Waals surface area contributed by atoms with Crippen LogP contribution in [0.15, 0.2) is 54.6 Å². The predicted molar refractivity (Wildman–Crippen MR) is 125 cm³/mol. The van der Waals surface area contributed by atoms with Crippen LogP contribution in [-0.2, 0) is 0 Å². The number of amides is 2. The number of aliphatic hydroxyl groups is 2. The minimum Gasteiger partial charge on any atom is -0.395 e. The Morgan fingerprint density at radius 3 is 2.53 bits per heavy atom. The Morgan fingerprint density at radius 1 is 1.12 bits per heavy atom. The Labute approximate surface area is 189 Å². The molecule has 168 valence electrons. The fourth-order valence-electron chi connectivity index (χ4n) is 4.83. The number of anilines is 1. The molecule has 2 aliphatic heterocycles. The van der Waals surface area contributed by atoms with Crippen molar-refractivity contribution in [1.29, 1.82) is 0 Å². The maximum Gasteiger partial charge on any atom is 0.321 e. The Hall–Kier alpha value is -2.85. The number of para-hydroxylation sites is 1. The van der Waals surface area contributed by atoms with E-state index in [1.54, 1.807) is 6.92 Å². The van der Waals surface area contributed by atoms with Gasteiger partial charge in [0.15, 0.2) is 0 Å². The van der Waals surface area contributed by atoms with Crippen molar-refractivity contribution in [2.45, 2.75) is 43.9 Å². The molecule has 2 heterocycles. The summed E-state index contributed by atoms with van der Waals surface area (Å²) in [4.78, 5) is 17.3. The molecule has 2 saturated heterocycles. The van der Waals surface area contributed by atoms with Crippen LogP contribution in [0.4, 0.5) is 10.5 Å². The van der Waals surface area contributed by atoms with Crippen LogP contribution in [0.5, 0.6) is 0 Å². The monoisotopic (exact) mass is 433 g/mol. The Kier molecular flexibility index (Phi) is 7.11. The molecule has 6 heteroatoms. The summed E-state index contributed by atoms with van der Waals surface area (Å²) >= 11 is 0. The third kappa shape index (κ3) is 4.97. The molecule has 2 aromatic rings. The van der Waals surface area contributed by atoms with Gasteiger partial charge in [-0.2, -0.15) is 0 Å². The summed E-state index contributed by atoms with van der Waals surface area (Å²) in [5.41, 5.74) is 2.80. The van der Waals surface area contributed by atoms with Gasteiger partial charge in [0, 0.05) is 42.3 Å². The average molecular weight is 434 g/mol. The summed E-state index contributed by atoms with van der Waals surface area (Å²) in [5, 5.41) is 22.5. The van der Waals surface area contributed by atoms with E-state index in [0.29, 0.717) is 6.54 Å². The van der Waals surface area contributed by atoms with Gasteiger partial charge in [-0.25, -0.2) is 4.79 Å². The number of hydrogen-bond donors (Lipinski definition) is 3. The zero-order chi connectivity index (χ0) is 22.5. The van der Waals surface area contributed by atoms with Gasteiger partial charge in [-0.1, -0.05) is 42.2 Å². The van der Waals surface area contributed by atoms with Crippen molar-refractivity contribution in [2.24, 2.45) is 0 Å². The molecule has 3 N–H and O–H groups in total. The zero-order valence-corrected chi connectivity index (χ0v) is 18.4. The first-order valence-electron chi connectivity index (χ1n) is 11.3. The van der Waals surface area contributed by atoms with Crippen molar-refractivity contribution >= 4 is 11.7 Å². The minimum absolute atomic E-state index is 0.0616. The molecule has 2 aliphatic rings. The maximum atomic E-state index is 13.0. The van der Waals surface area contributed by atoms with E-state index in [9.17, 15) is 15.0 Å². The first-order valence-corrected chi connectivity index (χ1v) is 11.3. The van der Waals surface area contributed by atoms with E-state index in [1.165, 1.54) is 0 Å². The van der Waals surface area contributed by atoms with Crippen molar-refractivity contribution in [1.82, 2.24) is 9.80 Å². The SMILES string of the molecule is C[C@@H](O)C#Cc1ccc([C@H]2[C@H](CO)N3CCCCN(C(=O)Nc4ccccc4)C[C@@H]23)cc1. The lowest BCUT2D eigenvalue weighted by Gasteiger charge is -2.57. The van der Waals surface area contributed by atoms with Gasteiger partial charge in [-0.3, -0.25) is 4.90 Å². The molecule has 0 aliphatic carbocycles. The van der Waals surface area contributed by atoms with Gasteiger partial charge in [0.1, 0.15) is 6.10 Å². The summed E-state index contributed by atoms with van der Waals surface area (Å²) in [5.74, 6) is 5.89. The number of aliphatic hydroxyl groups excluding tert-OH is 2. The standard InChI is InChI=1S/C26H31N3O3/c1-19(31)9-10-20-11-13-21(14-12-20)25-23-17-28(15-5-6-16-29(23)24(25)18-30)26(32)27-22-7-3-2-4-8-22/h2-4,7-8,11-14,19,23-25,30-31H,5-6,15-18H2,1H3,(H,27,32)/t19-,23+,24+,25-/m1/s1. The van der Waals surface area contributed by atoms with Gasteiger partial charge in [0.2, 0.25) is 0 Å². The van der Waals surface area contributed by atoms with Gasteiger partial charge in [-0.15, -0.1) is 0 Å². The Morgan fingerprint density at radius 2 is 1.84 bits per heavy atom. The Balaban J connectivity index is 1.51. The van der Waals surface area contributed by atoms with Crippen LogP contribution in [0.25, 0.3) is 0 Å². The lowest BCUT2D eigenvalue weighted by molar-refractivity contribution is -0.0585. The van der Waals surface area contributed by atoms with Crippen LogP contribution < -0.4 is 5.32 Å². The molecule has 4 atom stereocenters. The molecule has 2 amide bonds. The number of benzene rings is 2. The van der Waals surface area contributed by atoms with Crippen molar-refractivity contribution in [3.63, 3.8) is 0 Å². The highest BCUT2D eigenvalue weighted by molar-refractivity contribution is 5.89. The number of carbonyl (C=O) groups is 1. The highest BCUT2D eigenvalue weighted by Crippen LogP contribution is 2.42. The zero-order valence-electron chi connectivity index (χ0n) is 18.4. The molecule has 2 aromatic carbocycles. The van der Waals surface area contributed by atoms with Crippen molar-refractivity contribution in [2.75, 3.05) is 31.6 Å². The second-order valence-corrected chi connectivity index (χ2v) is 8.60. The molecule has 32 heavy (non-hydrogen) atoms. The number of urea groups is 1. The first kappa shape index (κ1) is 22.3. The van der Waals surface area contributed by atoms with E-state index in [1.807, 2.05) is 47.4 Å². The van der Waals surface area contributed by atoms with Crippen LogP contribution >= 0.6 is 0 Å². The van der Waals surface area contributed by atoms with Crippen molar-refractivity contribution < 1.29 is 15.0 Å². The quantitative estimate of drug-likeness (QED) is 0.651. The van der Waals surface area contributed by atoms with Crippen molar-refractivity contribution in [3.8, 4) is 11.8 Å². The number of fused-ring (bicyclic) bond motifs is 1. The molecule has 0 aromatic heterocycles. The second-order valence-electron chi connectivity index (χ2n) is 8.60. The van der Waals surface area contributed by atoms with E-state index < -0.39 is 6.10 Å². The topological polar surface area (TPSA) is 76.0 Å². The van der Waals surface area contributed by atoms with Crippen molar-refractivity contribution in [3.05, 3.63) is 65.7 Å². The molecular formula is C26H31N3O3. The third-order valence-corrected chi connectivity index (χ3v) is 6.40. The first-order chi connectivity index (χ1) is 15.6. The summed E-state index contributed by atoms with van der Waals surface area (Å²) in [6.45, 7) is 4.04. The van der Waals surface area contributed by atoms with Crippen LogP contribution in [0.1, 0.15) is 36.8 Å². The normalized spacial score (nSPS) is 24.1. The fourth-order valence-corrected chi connectivity index (χ4v) is 4.83. The van der Waals surface area contributed by atoms with Gasteiger partial charge in [0.25, 0.3) is 0 Å². The third-order valence-electron chi connectivity index (χ3n) is 6.40. The number of carbonyl (C=O) groups excluding carboxylic acids is 1. The number of hydrogen-bond acceptors (Lipinski definition) is 4. The lowest BCUT2D eigenvalue weighted by atomic mass is 9.74. The van der Waals surface area contributed by atoms with Crippen LogP contribution in [0.2, 0.25) is 0 Å². The van der Waals surface area contributed by atoms with Gasteiger partial charge in [0.05, 0.1) is 6.61 Å². The molecule has 0 spiro atoms. The average Bonchev–Trinajstić information content (AvgIpc) is 2.78. The molecule has 0 bridgehead atoms. The number of nitrogens with one attached hydrogen (secondary N) is 1. The van der Waals surface area contributed by atoms with E-state index in [0.717, 1.165) is 42.7 Å². The molecule has 4 rings (SSSR count). The molecule has 0 radical (unpaired) electrons. The molecule has 0 unspecified atom stereocenters. The highest BCUT2D eigenvalue weighted by Gasteiger charge is 2.49. The smallest absolute Gasteiger partial charge is 0.321 e. The largest absolute Gasteiger partial charge is 0.395 e. The Bertz CT molecular complexity index is 965. The highest BCUT2D eigenvalue weighted by atomic mass is 16.3. The van der Waals surface area contributed by atoms with Gasteiger partial charge >= 0.3 is 6.03 Å². The maximum absolute atomic E-state index is 13.0. The van der Waals surface area contributed by atoms with Crippen LogP contribution in [0, 0.1) is 11.8 Å². The van der Waals surface area contributed by atoms with E-state index >= 15 is 0 Å². The van der Waals surface area contributed by atoms with Crippen LogP contribution in [-0.4, -0.2) is 70.5 Å². The van der Waals surface area contributed by atoms with Gasteiger partial charge in [-0.05, 0) is 56.1 Å². The minimum atomic E-state index is -0.656. The second kappa shape index (κ2) is 10.2. The van der Waals surface area contributed by atoms with E-state index in [4.69, 9.17) is 0 Å². The van der Waals surface area contributed by atoms with Crippen LogP contribution in [0.3, 0.4) is 0 Å². The summed E-state index contributed by atoms with van der Waals surface area (Å²) < 4.78 is 0. The molecule has 0 saturated carbocycles.